The van der Waals surface area contributed by atoms with Crippen molar-refractivity contribution in [3.05, 3.63) is 71.8 Å². The van der Waals surface area contributed by atoms with Gasteiger partial charge in [0.05, 0.1) is 18.0 Å². The molecule has 2 unspecified atom stereocenters. The molecule has 4 atom stereocenters. The molecule has 0 saturated heterocycles. The number of aliphatic hydroxyl groups excluding tert-OH is 2. The summed E-state index contributed by atoms with van der Waals surface area (Å²) >= 11 is 2.25. The summed E-state index contributed by atoms with van der Waals surface area (Å²) in [5, 5.41) is 41.0. The van der Waals surface area contributed by atoms with Crippen LogP contribution in [0.2, 0.25) is 0 Å². The van der Waals surface area contributed by atoms with Gasteiger partial charge in [-0.3, -0.25) is 9.59 Å². The maximum atomic E-state index is 11.4. The van der Waals surface area contributed by atoms with Crippen LogP contribution in [-0.4, -0.2) is 80.1 Å². The van der Waals surface area contributed by atoms with Crippen molar-refractivity contribution >= 4 is 47.3 Å². The molecule has 0 aromatic heterocycles. The highest BCUT2D eigenvalue weighted by Gasteiger charge is 2.21. The molecule has 0 radical (unpaired) electrons. The first-order valence-electron chi connectivity index (χ1n) is 14.1. The summed E-state index contributed by atoms with van der Waals surface area (Å²) in [5.41, 5.74) is 1.52. The molecular formula is C26H34N2O8S2. The molecule has 2 rings (SSSR count). The molecule has 6 N–H and O–H groups in total. The number of carbonyl (C=O) groups is 4. The first-order valence-corrected chi connectivity index (χ1v) is 13.3. The van der Waals surface area contributed by atoms with E-state index in [0.717, 1.165) is 29.1 Å². The highest BCUT2D eigenvalue weighted by molar-refractivity contribution is 7.99. The van der Waals surface area contributed by atoms with Crippen molar-refractivity contribution in [1.29, 1.82) is 0 Å². The van der Waals surface area contributed by atoms with Crippen LogP contribution in [0, 0.1) is 0 Å². The molecule has 0 fully saturated rings. The second-order valence-corrected chi connectivity index (χ2v) is 9.92. The van der Waals surface area contributed by atoms with E-state index in [1.54, 1.807) is 48.5 Å². The number of aliphatic hydroxyl groups is 2. The number of aliphatic carboxylic acids is 2. The molecular weight excluding hydrogens is 532 g/mol. The maximum Gasteiger partial charge on any atom is 0.327 e. The number of nitrogens with one attached hydrogen (secondary N) is 2. The molecule has 0 bridgehead atoms. The van der Waals surface area contributed by atoms with E-state index in [1.165, 1.54) is 0 Å². The van der Waals surface area contributed by atoms with E-state index in [1.807, 2.05) is 22.8 Å². The molecule has 0 aliphatic carbocycles. The smallest absolute Gasteiger partial charge is 0.327 e. The van der Waals surface area contributed by atoms with Gasteiger partial charge in [-0.25, -0.2) is 9.59 Å². The SMILES string of the molecule is [2H]C([2H])([2H])C(=O)N[C@@H](CSC(CO)c1ccccc1)C(=O)O.[2H]C([2H])([2H])C(=O)N[C@@H](CSCC(O)c1ccccc1)C(=O)O. The first-order chi connectivity index (χ1) is 20.5. The van der Waals surface area contributed by atoms with Crippen LogP contribution in [0.15, 0.2) is 60.7 Å². The van der Waals surface area contributed by atoms with Gasteiger partial charge in [-0.15, -0.1) is 11.8 Å². The van der Waals surface area contributed by atoms with Crippen molar-refractivity contribution in [1.82, 2.24) is 10.6 Å². The minimum Gasteiger partial charge on any atom is -0.480 e. The lowest BCUT2D eigenvalue weighted by atomic mass is 10.1. The predicted molar refractivity (Wildman–Crippen MR) is 148 cm³/mol. The Morgan fingerprint density at radius 1 is 0.789 bits per heavy atom. The molecule has 0 aliphatic rings. The minimum atomic E-state index is -2.89. The Labute approximate surface area is 238 Å². The zero-order chi connectivity index (χ0) is 33.5. The number of thioether (sulfide) groups is 2. The number of hydrogen-bond acceptors (Lipinski definition) is 8. The number of amides is 2. The Balaban J connectivity index is 0.000000440. The van der Waals surface area contributed by atoms with Gasteiger partial charge in [-0.2, -0.15) is 11.8 Å². The highest BCUT2D eigenvalue weighted by atomic mass is 32.2. The van der Waals surface area contributed by atoms with Crippen molar-refractivity contribution in [2.45, 2.75) is 37.1 Å². The Morgan fingerprint density at radius 2 is 1.26 bits per heavy atom. The Morgan fingerprint density at radius 3 is 1.71 bits per heavy atom. The fourth-order valence-corrected chi connectivity index (χ4v) is 4.99. The van der Waals surface area contributed by atoms with E-state index in [4.69, 9.17) is 18.4 Å². The van der Waals surface area contributed by atoms with E-state index in [2.05, 4.69) is 0 Å². The summed E-state index contributed by atoms with van der Waals surface area (Å²) in [7, 11) is 0. The van der Waals surface area contributed by atoms with E-state index in [0.29, 0.717) is 5.56 Å². The van der Waals surface area contributed by atoms with Crippen molar-refractivity contribution in [3.63, 3.8) is 0 Å². The topological polar surface area (TPSA) is 173 Å². The zero-order valence-electron chi connectivity index (χ0n) is 26.1. The van der Waals surface area contributed by atoms with E-state index in [9.17, 15) is 29.4 Å². The second-order valence-electron chi connectivity index (χ2n) is 7.61. The van der Waals surface area contributed by atoms with Gasteiger partial charge in [0.1, 0.15) is 12.1 Å². The molecule has 10 nitrogen and oxygen atoms in total. The van der Waals surface area contributed by atoms with E-state index in [-0.39, 0.29) is 29.1 Å². The monoisotopic (exact) mass is 572 g/mol. The quantitative estimate of drug-likeness (QED) is 0.197. The van der Waals surface area contributed by atoms with Crippen LogP contribution in [0.4, 0.5) is 0 Å². The lowest BCUT2D eigenvalue weighted by Gasteiger charge is -2.18. The Bertz CT molecular complexity index is 1210. The molecule has 38 heavy (non-hydrogen) atoms. The average molecular weight is 573 g/mol. The van der Waals surface area contributed by atoms with Crippen molar-refractivity contribution in [3.8, 4) is 0 Å². The molecule has 2 amide bonds. The maximum absolute atomic E-state index is 11.4. The summed E-state index contributed by atoms with van der Waals surface area (Å²) in [6, 6.07) is 15.2. The third-order valence-electron chi connectivity index (χ3n) is 4.75. The summed E-state index contributed by atoms with van der Waals surface area (Å²) in [4.78, 5) is 44.8. The molecule has 0 spiro atoms. The van der Waals surface area contributed by atoms with Crippen molar-refractivity contribution < 1.29 is 47.8 Å². The number of hydrogen-bond donors (Lipinski definition) is 6. The van der Waals surface area contributed by atoms with Gasteiger partial charge in [-0.1, -0.05) is 60.7 Å². The van der Waals surface area contributed by atoms with Gasteiger partial charge in [-0.05, 0) is 11.1 Å². The van der Waals surface area contributed by atoms with E-state index < -0.39 is 55.6 Å². The highest BCUT2D eigenvalue weighted by Crippen LogP contribution is 2.28. The lowest BCUT2D eigenvalue weighted by molar-refractivity contribution is -0.141. The number of carboxylic acids is 2. The van der Waals surface area contributed by atoms with Crippen molar-refractivity contribution in [2.24, 2.45) is 0 Å². The molecule has 0 aliphatic heterocycles. The van der Waals surface area contributed by atoms with Crippen LogP contribution in [0.25, 0.3) is 0 Å². The summed E-state index contributed by atoms with van der Waals surface area (Å²) in [6.45, 7) is -5.98. The fraction of sp³-hybridized carbons (Fsp3) is 0.385. The third-order valence-corrected chi connectivity index (χ3v) is 7.22. The standard InChI is InChI=1S/2C13H17NO4S/c1-9(16)14-11(13(17)18)8-19-12(7-15)10-5-3-2-4-6-10;1-9(15)14-11(13(17)18)7-19-8-12(16)10-5-3-2-4-6-10/h2-6,11-12,15H,7-8H2,1H3,(H,14,16)(H,17,18);2-6,11-12,16H,7-8H2,1H3,(H,14,15)(H,17,18)/t2*11-,12?/m00/s1/i2*1D3. The fourth-order valence-electron chi connectivity index (χ4n) is 2.87. The number of rotatable bonds is 14. The van der Waals surface area contributed by atoms with Gasteiger partial charge < -0.3 is 31.1 Å². The van der Waals surface area contributed by atoms with Gasteiger partial charge in [0, 0.05) is 39.2 Å². The number of carbonyl (C=O) groups excluding carboxylic acids is 2. The molecule has 208 valence electrons. The van der Waals surface area contributed by atoms with Gasteiger partial charge >= 0.3 is 11.9 Å². The minimum absolute atomic E-state index is 0.0406. The second kappa shape index (κ2) is 18.2. The largest absolute Gasteiger partial charge is 0.480 e. The predicted octanol–water partition coefficient (Wildman–Crippen LogP) is 2.08. The average Bonchev–Trinajstić information content (AvgIpc) is 2.96. The van der Waals surface area contributed by atoms with Crippen LogP contribution in [0.5, 0.6) is 0 Å². The molecule has 12 heteroatoms. The summed E-state index contributed by atoms with van der Waals surface area (Å²) in [5.74, 6) is -5.12. The first kappa shape index (κ1) is 24.0. The zero-order valence-corrected chi connectivity index (χ0v) is 21.8. The van der Waals surface area contributed by atoms with Gasteiger partial charge in [0.15, 0.2) is 0 Å². The lowest BCUT2D eigenvalue weighted by Crippen LogP contribution is -2.41. The number of carboxylic acid groups (broad SMARTS) is 2. The normalized spacial score (nSPS) is 16.6. The molecule has 2 aromatic carbocycles. The van der Waals surface area contributed by atoms with Crippen LogP contribution in [-0.2, 0) is 19.2 Å². The summed E-state index contributed by atoms with van der Waals surface area (Å²) < 4.78 is 41.6. The summed E-state index contributed by atoms with van der Waals surface area (Å²) in [6.07, 6.45) is -0.765. The van der Waals surface area contributed by atoms with Crippen LogP contribution >= 0.6 is 23.5 Å². The Kier molecular flexibility index (Phi) is 11.5. The molecule has 0 saturated carbocycles. The van der Waals surface area contributed by atoms with Crippen LogP contribution < -0.4 is 10.6 Å². The molecule has 0 heterocycles. The molecule has 2 aromatic rings. The Hall–Kier alpha value is -3.06. The van der Waals surface area contributed by atoms with Crippen LogP contribution in [0.1, 0.15) is 44.4 Å². The number of benzene rings is 2. The van der Waals surface area contributed by atoms with E-state index >= 15 is 0 Å². The van der Waals surface area contributed by atoms with Gasteiger partial charge in [0.25, 0.3) is 0 Å². The third kappa shape index (κ3) is 13.5. The van der Waals surface area contributed by atoms with Gasteiger partial charge in [0.2, 0.25) is 11.8 Å². The van der Waals surface area contributed by atoms with Crippen molar-refractivity contribution in [2.75, 3.05) is 23.9 Å². The van der Waals surface area contributed by atoms with Crippen LogP contribution in [0.3, 0.4) is 0 Å².